The summed E-state index contributed by atoms with van der Waals surface area (Å²) in [6, 6.07) is 0. The third kappa shape index (κ3) is 5.64. The standard InChI is InChI=1S/C10H20O3/c1-4-7-9(8-5-2)10(11)13-12-6-3/h9H,4-8H2,1-3H3. The zero-order chi connectivity index (χ0) is 10.1. The molecule has 0 aliphatic carbocycles. The molecule has 0 atom stereocenters. The summed E-state index contributed by atoms with van der Waals surface area (Å²) in [6.07, 6.45) is 3.79. The summed E-state index contributed by atoms with van der Waals surface area (Å²) in [5, 5.41) is 0. The van der Waals surface area contributed by atoms with Gasteiger partial charge in [-0.3, -0.25) is 4.89 Å². The lowest BCUT2D eigenvalue weighted by Crippen LogP contribution is -2.17. The first-order valence-electron chi connectivity index (χ1n) is 5.09. The van der Waals surface area contributed by atoms with Crippen molar-refractivity contribution in [2.24, 2.45) is 5.92 Å². The number of rotatable bonds is 7. The van der Waals surface area contributed by atoms with Crippen molar-refractivity contribution in [2.75, 3.05) is 6.61 Å². The second-order valence-electron chi connectivity index (χ2n) is 3.08. The van der Waals surface area contributed by atoms with Gasteiger partial charge in [0.2, 0.25) is 0 Å². The van der Waals surface area contributed by atoms with Gasteiger partial charge >= 0.3 is 5.97 Å². The lowest BCUT2D eigenvalue weighted by Gasteiger charge is -2.12. The van der Waals surface area contributed by atoms with Crippen molar-refractivity contribution in [1.29, 1.82) is 0 Å². The lowest BCUT2D eigenvalue weighted by molar-refractivity contribution is -0.273. The van der Waals surface area contributed by atoms with Crippen LogP contribution in [0.2, 0.25) is 0 Å². The molecule has 0 aromatic rings. The van der Waals surface area contributed by atoms with Crippen molar-refractivity contribution in [3.05, 3.63) is 0 Å². The molecule has 0 N–H and O–H groups in total. The topological polar surface area (TPSA) is 35.5 Å². The van der Waals surface area contributed by atoms with E-state index in [0.29, 0.717) is 6.61 Å². The molecular formula is C10H20O3. The highest BCUT2D eigenvalue weighted by Crippen LogP contribution is 2.15. The molecule has 0 saturated carbocycles. The molecule has 0 radical (unpaired) electrons. The van der Waals surface area contributed by atoms with Crippen molar-refractivity contribution in [1.82, 2.24) is 0 Å². The molecule has 13 heavy (non-hydrogen) atoms. The van der Waals surface area contributed by atoms with Crippen molar-refractivity contribution in [3.8, 4) is 0 Å². The quantitative estimate of drug-likeness (QED) is 0.455. The summed E-state index contributed by atoms with van der Waals surface area (Å²) >= 11 is 0. The number of carbonyl (C=O) groups excluding carboxylic acids is 1. The molecule has 0 aliphatic heterocycles. The van der Waals surface area contributed by atoms with Crippen molar-refractivity contribution < 1.29 is 14.6 Å². The summed E-state index contributed by atoms with van der Waals surface area (Å²) in [4.78, 5) is 20.6. The molecule has 0 fully saturated rings. The Balaban J connectivity index is 3.80. The summed E-state index contributed by atoms with van der Waals surface area (Å²) in [5.41, 5.74) is 0. The average molecular weight is 188 g/mol. The van der Waals surface area contributed by atoms with Crippen LogP contribution in [-0.2, 0) is 14.6 Å². The van der Waals surface area contributed by atoms with Crippen LogP contribution >= 0.6 is 0 Å². The summed E-state index contributed by atoms with van der Waals surface area (Å²) < 4.78 is 0. The van der Waals surface area contributed by atoms with E-state index in [1.807, 2.05) is 0 Å². The molecule has 78 valence electrons. The van der Waals surface area contributed by atoms with E-state index < -0.39 is 0 Å². The maximum atomic E-state index is 11.3. The monoisotopic (exact) mass is 188 g/mol. The highest BCUT2D eigenvalue weighted by molar-refractivity contribution is 5.71. The number of hydrogen-bond acceptors (Lipinski definition) is 3. The Morgan fingerprint density at radius 2 is 1.69 bits per heavy atom. The first-order chi connectivity index (χ1) is 6.26. The third-order valence-corrected chi connectivity index (χ3v) is 1.87. The molecule has 0 heterocycles. The Kier molecular flexibility index (Phi) is 7.69. The zero-order valence-corrected chi connectivity index (χ0v) is 8.84. The fraction of sp³-hybridized carbons (Fsp3) is 0.900. The molecule has 0 aromatic carbocycles. The number of hydrogen-bond donors (Lipinski definition) is 0. The van der Waals surface area contributed by atoms with Crippen LogP contribution in [0.5, 0.6) is 0 Å². The van der Waals surface area contributed by atoms with E-state index in [2.05, 4.69) is 23.6 Å². The van der Waals surface area contributed by atoms with E-state index in [0.717, 1.165) is 25.7 Å². The van der Waals surface area contributed by atoms with Gasteiger partial charge in [-0.15, -0.1) is 0 Å². The largest absolute Gasteiger partial charge is 0.345 e. The van der Waals surface area contributed by atoms with Crippen LogP contribution in [0.25, 0.3) is 0 Å². The van der Waals surface area contributed by atoms with Crippen molar-refractivity contribution >= 4 is 5.97 Å². The number of carbonyl (C=O) groups is 1. The fourth-order valence-corrected chi connectivity index (χ4v) is 1.26. The Morgan fingerprint density at radius 1 is 1.15 bits per heavy atom. The van der Waals surface area contributed by atoms with Crippen LogP contribution < -0.4 is 0 Å². The molecule has 3 heteroatoms. The minimum absolute atomic E-state index is 0.0153. The molecule has 0 aromatic heterocycles. The van der Waals surface area contributed by atoms with Crippen LogP contribution in [0.3, 0.4) is 0 Å². The smallest absolute Gasteiger partial charge is 0.298 e. The van der Waals surface area contributed by atoms with Crippen LogP contribution in [0.1, 0.15) is 46.5 Å². The van der Waals surface area contributed by atoms with Gasteiger partial charge in [0.1, 0.15) is 0 Å². The highest BCUT2D eigenvalue weighted by Gasteiger charge is 2.18. The van der Waals surface area contributed by atoms with Gasteiger partial charge in [0.05, 0.1) is 12.5 Å². The predicted molar refractivity (Wildman–Crippen MR) is 51.0 cm³/mol. The van der Waals surface area contributed by atoms with Gasteiger partial charge in [-0.2, -0.15) is 4.89 Å². The van der Waals surface area contributed by atoms with Gasteiger partial charge in [-0.25, -0.2) is 4.79 Å². The minimum atomic E-state index is -0.217. The summed E-state index contributed by atoms with van der Waals surface area (Å²) in [6.45, 7) is 6.34. The van der Waals surface area contributed by atoms with Gasteiger partial charge in [-0.05, 0) is 19.8 Å². The molecule has 3 nitrogen and oxygen atoms in total. The van der Waals surface area contributed by atoms with Gasteiger partial charge in [0, 0.05) is 0 Å². The second kappa shape index (κ2) is 8.05. The first-order valence-corrected chi connectivity index (χ1v) is 5.09. The van der Waals surface area contributed by atoms with E-state index in [1.54, 1.807) is 6.92 Å². The molecule has 0 bridgehead atoms. The molecule has 0 saturated heterocycles. The van der Waals surface area contributed by atoms with Crippen LogP contribution in [-0.4, -0.2) is 12.6 Å². The maximum absolute atomic E-state index is 11.3. The van der Waals surface area contributed by atoms with Crippen molar-refractivity contribution in [2.45, 2.75) is 46.5 Å². The van der Waals surface area contributed by atoms with Gasteiger partial charge in [0.25, 0.3) is 0 Å². The summed E-state index contributed by atoms with van der Waals surface area (Å²) in [5.74, 6) is -0.202. The normalized spacial score (nSPS) is 10.5. The Morgan fingerprint density at radius 3 is 2.08 bits per heavy atom. The first kappa shape index (κ1) is 12.4. The van der Waals surface area contributed by atoms with E-state index in [9.17, 15) is 4.79 Å². The van der Waals surface area contributed by atoms with Crippen LogP contribution in [0.4, 0.5) is 0 Å². The van der Waals surface area contributed by atoms with E-state index in [1.165, 1.54) is 0 Å². The van der Waals surface area contributed by atoms with Crippen molar-refractivity contribution in [3.63, 3.8) is 0 Å². The predicted octanol–water partition coefficient (Wildman–Crippen LogP) is 2.70. The SMILES string of the molecule is CCCC(CCC)C(=O)OOCC. The van der Waals surface area contributed by atoms with Gasteiger partial charge in [0.15, 0.2) is 0 Å². The molecule has 0 aliphatic rings. The van der Waals surface area contributed by atoms with E-state index in [-0.39, 0.29) is 11.9 Å². The minimum Gasteiger partial charge on any atom is -0.298 e. The molecule has 0 unspecified atom stereocenters. The fourth-order valence-electron chi connectivity index (χ4n) is 1.26. The maximum Gasteiger partial charge on any atom is 0.345 e. The Labute approximate surface area is 80.3 Å². The third-order valence-electron chi connectivity index (χ3n) is 1.87. The van der Waals surface area contributed by atoms with E-state index >= 15 is 0 Å². The lowest BCUT2D eigenvalue weighted by atomic mass is 9.99. The van der Waals surface area contributed by atoms with E-state index in [4.69, 9.17) is 0 Å². The molecular weight excluding hydrogens is 168 g/mol. The second-order valence-corrected chi connectivity index (χ2v) is 3.08. The molecule has 0 amide bonds. The van der Waals surface area contributed by atoms with Crippen LogP contribution in [0, 0.1) is 5.92 Å². The molecule has 0 rings (SSSR count). The highest BCUT2D eigenvalue weighted by atomic mass is 17.2. The zero-order valence-electron chi connectivity index (χ0n) is 8.84. The average Bonchev–Trinajstić information content (AvgIpc) is 2.14. The Bertz CT molecular complexity index is 128. The van der Waals surface area contributed by atoms with Gasteiger partial charge in [-0.1, -0.05) is 26.7 Å². The Hall–Kier alpha value is -0.570. The summed E-state index contributed by atoms with van der Waals surface area (Å²) in [7, 11) is 0. The molecule has 0 spiro atoms. The van der Waals surface area contributed by atoms with Gasteiger partial charge < -0.3 is 0 Å². The van der Waals surface area contributed by atoms with Crippen LogP contribution in [0.15, 0.2) is 0 Å².